The van der Waals surface area contributed by atoms with Crippen molar-refractivity contribution in [2.24, 2.45) is 11.3 Å². The molecule has 1 aliphatic heterocycles. The molecule has 0 aliphatic carbocycles. The quantitative estimate of drug-likeness (QED) is 0.602. The van der Waals surface area contributed by atoms with Gasteiger partial charge < -0.3 is 15.0 Å². The van der Waals surface area contributed by atoms with E-state index in [0.717, 1.165) is 25.1 Å². The van der Waals surface area contributed by atoms with Gasteiger partial charge in [0, 0.05) is 36.9 Å². The number of rotatable bonds is 9. The second kappa shape index (κ2) is 10.9. The van der Waals surface area contributed by atoms with Gasteiger partial charge in [-0.2, -0.15) is 11.8 Å². The maximum absolute atomic E-state index is 12.4. The summed E-state index contributed by atoms with van der Waals surface area (Å²) in [5.74, 6) is 1.22. The fourth-order valence-electron chi connectivity index (χ4n) is 3.16. The van der Waals surface area contributed by atoms with Crippen molar-refractivity contribution < 1.29 is 19.1 Å². The Kier molecular flexibility index (Phi) is 9.63. The molecule has 0 aromatic carbocycles. The van der Waals surface area contributed by atoms with Crippen molar-refractivity contribution in [3.63, 3.8) is 0 Å². The number of hydrogen-bond acceptors (Lipinski definition) is 5. The van der Waals surface area contributed by atoms with Crippen molar-refractivity contribution in [3.05, 3.63) is 0 Å². The van der Waals surface area contributed by atoms with Gasteiger partial charge in [0.2, 0.25) is 11.8 Å². The van der Waals surface area contributed by atoms with Gasteiger partial charge in [0.1, 0.15) is 6.04 Å². The Labute approximate surface area is 168 Å². The van der Waals surface area contributed by atoms with Crippen molar-refractivity contribution in [3.8, 4) is 0 Å². The fraction of sp³-hybridized carbons (Fsp3) is 0.850. The van der Waals surface area contributed by atoms with Crippen LogP contribution < -0.4 is 5.32 Å². The van der Waals surface area contributed by atoms with Crippen LogP contribution >= 0.6 is 11.8 Å². The van der Waals surface area contributed by atoms with Gasteiger partial charge in [0.25, 0.3) is 0 Å². The van der Waals surface area contributed by atoms with Gasteiger partial charge in [0.05, 0.1) is 7.11 Å². The molecule has 0 radical (unpaired) electrons. The lowest BCUT2D eigenvalue weighted by Gasteiger charge is -2.26. The first-order valence-corrected chi connectivity index (χ1v) is 10.9. The molecule has 0 aromatic heterocycles. The van der Waals surface area contributed by atoms with Gasteiger partial charge in [-0.1, -0.05) is 34.6 Å². The molecule has 1 rings (SSSR count). The van der Waals surface area contributed by atoms with E-state index < -0.39 is 12.0 Å². The van der Waals surface area contributed by atoms with E-state index >= 15 is 0 Å². The summed E-state index contributed by atoms with van der Waals surface area (Å²) in [6.45, 7) is 10.9. The molecule has 0 unspecified atom stereocenters. The molecule has 2 amide bonds. The number of thioether (sulfide) groups is 1. The molecule has 0 aromatic rings. The molecule has 1 heterocycles. The molecule has 2 atom stereocenters. The Morgan fingerprint density at radius 1 is 1.26 bits per heavy atom. The highest BCUT2D eigenvalue weighted by molar-refractivity contribution is 7.99. The Balaban J connectivity index is 2.54. The Hall–Kier alpha value is -1.24. The standard InChI is InChI=1S/C20H36N2O4S/c1-14(2)10-18(24)22-9-7-8-15(22)12-27-13-16(19(25)26-6)21-17(23)11-20(3,4)5/h14-16H,7-13H2,1-6H3,(H,21,23)/t15-,16-/m0/s1. The minimum Gasteiger partial charge on any atom is -0.467 e. The third-order valence-corrected chi connectivity index (χ3v) is 5.58. The zero-order chi connectivity index (χ0) is 20.6. The van der Waals surface area contributed by atoms with Gasteiger partial charge in [-0.25, -0.2) is 4.79 Å². The number of ether oxygens (including phenoxy) is 1. The third-order valence-electron chi connectivity index (χ3n) is 4.39. The number of carbonyl (C=O) groups excluding carboxylic acids is 3. The lowest BCUT2D eigenvalue weighted by Crippen LogP contribution is -2.44. The molecule has 27 heavy (non-hydrogen) atoms. The maximum atomic E-state index is 12.4. The summed E-state index contributed by atoms with van der Waals surface area (Å²) in [5, 5.41) is 2.79. The van der Waals surface area contributed by atoms with Gasteiger partial charge in [-0.05, 0) is 24.2 Å². The first-order valence-electron chi connectivity index (χ1n) is 9.78. The molecular weight excluding hydrogens is 364 g/mol. The Bertz CT molecular complexity index is 517. The van der Waals surface area contributed by atoms with Crippen LogP contribution in [0.1, 0.15) is 60.3 Å². The van der Waals surface area contributed by atoms with Gasteiger partial charge in [0.15, 0.2) is 0 Å². The van der Waals surface area contributed by atoms with E-state index in [1.165, 1.54) is 7.11 Å². The first kappa shape index (κ1) is 23.8. The van der Waals surface area contributed by atoms with Crippen molar-refractivity contribution in [2.45, 2.75) is 72.4 Å². The summed E-state index contributed by atoms with van der Waals surface area (Å²) in [4.78, 5) is 38.6. The van der Waals surface area contributed by atoms with Crippen LogP contribution in [0.2, 0.25) is 0 Å². The summed E-state index contributed by atoms with van der Waals surface area (Å²) in [6, 6.07) is -0.444. The monoisotopic (exact) mass is 400 g/mol. The summed E-state index contributed by atoms with van der Waals surface area (Å²) in [5.41, 5.74) is -0.140. The summed E-state index contributed by atoms with van der Waals surface area (Å²) in [6.07, 6.45) is 2.95. The number of nitrogens with one attached hydrogen (secondary N) is 1. The zero-order valence-electron chi connectivity index (χ0n) is 17.7. The molecule has 7 heteroatoms. The number of methoxy groups -OCH3 is 1. The SMILES string of the molecule is COC(=O)[C@H](CSC[C@@H]1CCCN1C(=O)CC(C)C)NC(=O)CC(C)(C)C. The minimum atomic E-state index is -0.656. The molecule has 156 valence electrons. The van der Waals surface area contributed by atoms with Crippen LogP contribution in [0, 0.1) is 11.3 Å². The molecule has 6 nitrogen and oxygen atoms in total. The van der Waals surface area contributed by atoms with Crippen LogP contribution in [0.3, 0.4) is 0 Å². The molecule has 0 bridgehead atoms. The molecule has 0 saturated carbocycles. The number of nitrogens with zero attached hydrogens (tertiary/aromatic N) is 1. The highest BCUT2D eigenvalue weighted by Gasteiger charge is 2.30. The van der Waals surface area contributed by atoms with E-state index in [4.69, 9.17) is 4.74 Å². The highest BCUT2D eigenvalue weighted by Crippen LogP contribution is 2.24. The van der Waals surface area contributed by atoms with E-state index in [9.17, 15) is 14.4 Å². The van der Waals surface area contributed by atoms with Crippen LogP contribution in [0.4, 0.5) is 0 Å². The number of hydrogen-bond donors (Lipinski definition) is 1. The maximum Gasteiger partial charge on any atom is 0.329 e. The predicted octanol–water partition coefficient (Wildman–Crippen LogP) is 2.85. The van der Waals surface area contributed by atoms with Gasteiger partial charge in [-0.3, -0.25) is 9.59 Å². The Morgan fingerprint density at radius 3 is 2.48 bits per heavy atom. The Morgan fingerprint density at radius 2 is 1.93 bits per heavy atom. The molecule has 1 saturated heterocycles. The number of carbonyl (C=O) groups is 3. The molecule has 0 spiro atoms. The smallest absolute Gasteiger partial charge is 0.329 e. The fourth-order valence-corrected chi connectivity index (χ4v) is 4.37. The third kappa shape index (κ3) is 9.00. The van der Waals surface area contributed by atoms with E-state index in [2.05, 4.69) is 19.2 Å². The highest BCUT2D eigenvalue weighted by atomic mass is 32.2. The van der Waals surface area contributed by atoms with E-state index in [1.807, 2.05) is 25.7 Å². The topological polar surface area (TPSA) is 75.7 Å². The zero-order valence-corrected chi connectivity index (χ0v) is 18.5. The molecule has 1 fully saturated rings. The second-order valence-corrected chi connectivity index (χ2v) is 9.97. The average molecular weight is 401 g/mol. The number of likely N-dealkylation sites (tertiary alicyclic amines) is 1. The van der Waals surface area contributed by atoms with Crippen molar-refractivity contribution in [1.29, 1.82) is 0 Å². The van der Waals surface area contributed by atoms with Crippen LogP contribution in [0.5, 0.6) is 0 Å². The van der Waals surface area contributed by atoms with Gasteiger partial charge in [-0.15, -0.1) is 0 Å². The molecular formula is C20H36N2O4S. The molecule has 1 aliphatic rings. The van der Waals surface area contributed by atoms with Crippen molar-refractivity contribution in [2.75, 3.05) is 25.2 Å². The second-order valence-electron chi connectivity index (χ2n) is 8.90. The normalized spacial score (nSPS) is 18.5. The molecule has 1 N–H and O–H groups in total. The lowest BCUT2D eigenvalue weighted by molar-refractivity contribution is -0.144. The van der Waals surface area contributed by atoms with Gasteiger partial charge >= 0.3 is 5.97 Å². The lowest BCUT2D eigenvalue weighted by atomic mass is 9.92. The summed E-state index contributed by atoms with van der Waals surface area (Å²) in [7, 11) is 1.33. The van der Waals surface area contributed by atoms with E-state index in [0.29, 0.717) is 24.5 Å². The number of amides is 2. The van der Waals surface area contributed by atoms with E-state index in [-0.39, 0.29) is 23.3 Å². The predicted molar refractivity (Wildman–Crippen MR) is 110 cm³/mol. The van der Waals surface area contributed by atoms with Crippen LogP contribution in [-0.4, -0.2) is 59.9 Å². The largest absolute Gasteiger partial charge is 0.467 e. The average Bonchev–Trinajstić information content (AvgIpc) is 2.99. The number of esters is 1. The van der Waals surface area contributed by atoms with Crippen LogP contribution in [0.25, 0.3) is 0 Å². The van der Waals surface area contributed by atoms with Crippen LogP contribution in [-0.2, 0) is 19.1 Å². The first-order chi connectivity index (χ1) is 12.5. The minimum absolute atomic E-state index is 0.140. The summed E-state index contributed by atoms with van der Waals surface area (Å²) >= 11 is 1.59. The summed E-state index contributed by atoms with van der Waals surface area (Å²) < 4.78 is 4.84. The van der Waals surface area contributed by atoms with Crippen molar-refractivity contribution >= 4 is 29.5 Å². The van der Waals surface area contributed by atoms with Crippen molar-refractivity contribution in [1.82, 2.24) is 10.2 Å². The van der Waals surface area contributed by atoms with E-state index in [1.54, 1.807) is 11.8 Å². The van der Waals surface area contributed by atoms with Crippen LogP contribution in [0.15, 0.2) is 0 Å².